The molecule has 0 saturated heterocycles. The molecule has 0 aromatic heterocycles. The van der Waals surface area contributed by atoms with E-state index < -0.39 is 6.10 Å². The average molecular weight is 254 g/mol. The predicted molar refractivity (Wildman–Crippen MR) is 77.3 cm³/mol. The van der Waals surface area contributed by atoms with E-state index in [4.69, 9.17) is 0 Å². The van der Waals surface area contributed by atoms with E-state index in [-0.39, 0.29) is 0 Å². The van der Waals surface area contributed by atoms with Crippen LogP contribution in [0.2, 0.25) is 0 Å². The van der Waals surface area contributed by atoms with Crippen LogP contribution in [0.1, 0.15) is 84.0 Å². The molecule has 0 aromatic carbocycles. The van der Waals surface area contributed by atoms with E-state index in [0.29, 0.717) is 6.04 Å². The third-order valence-electron chi connectivity index (χ3n) is 4.09. The summed E-state index contributed by atoms with van der Waals surface area (Å²) in [6.45, 7) is 2.68. The largest absolute Gasteiger partial charge is 0.314 e. The minimum atomic E-state index is -0.413. The minimum Gasteiger partial charge on any atom is -0.314 e. The summed E-state index contributed by atoms with van der Waals surface area (Å²) >= 11 is 0. The molecule has 1 aliphatic rings. The van der Waals surface area contributed by atoms with Crippen LogP contribution in [-0.2, 0) is 5.11 Å². The van der Waals surface area contributed by atoms with Crippen LogP contribution in [0, 0.1) is 0 Å². The molecule has 2 heteroatoms. The van der Waals surface area contributed by atoms with Gasteiger partial charge in [0.15, 0.2) is 0 Å². The molecule has 1 rings (SSSR count). The molecule has 1 unspecified atom stereocenters. The number of hydrogen-bond donors (Lipinski definition) is 1. The molecule has 1 aliphatic carbocycles. The van der Waals surface area contributed by atoms with Gasteiger partial charge in [-0.15, -0.1) is 0 Å². The van der Waals surface area contributed by atoms with Crippen LogP contribution < -0.4 is 5.32 Å². The van der Waals surface area contributed by atoms with E-state index in [1.807, 2.05) is 0 Å². The highest BCUT2D eigenvalue weighted by molar-refractivity contribution is 4.68. The Balaban J connectivity index is 2.18. The summed E-state index contributed by atoms with van der Waals surface area (Å²) in [6.07, 6.45) is 15.7. The van der Waals surface area contributed by atoms with Gasteiger partial charge in [0.25, 0.3) is 0 Å². The fraction of sp³-hybridized carbons (Fsp3) is 1.00. The monoisotopic (exact) mass is 254 g/mol. The van der Waals surface area contributed by atoms with Crippen LogP contribution >= 0.6 is 0 Å². The van der Waals surface area contributed by atoms with Gasteiger partial charge in [0.2, 0.25) is 0 Å². The van der Waals surface area contributed by atoms with Crippen LogP contribution in [-0.4, -0.2) is 18.7 Å². The molecule has 107 valence electrons. The van der Waals surface area contributed by atoms with Crippen LogP contribution in [0.15, 0.2) is 0 Å². The summed E-state index contributed by atoms with van der Waals surface area (Å²) in [7, 11) is 0. The van der Waals surface area contributed by atoms with Gasteiger partial charge < -0.3 is 5.32 Å². The van der Waals surface area contributed by atoms with Crippen molar-refractivity contribution in [1.82, 2.24) is 5.32 Å². The molecule has 1 N–H and O–H groups in total. The molecule has 0 aromatic rings. The SMILES string of the molecule is CC([O])CCNC1CCCCCCCCCCC1. The van der Waals surface area contributed by atoms with Crippen molar-refractivity contribution in [2.24, 2.45) is 0 Å². The highest BCUT2D eigenvalue weighted by atomic mass is 16.3. The molecule has 1 saturated carbocycles. The summed E-state index contributed by atoms with van der Waals surface area (Å²) in [5.74, 6) is 0. The van der Waals surface area contributed by atoms with Gasteiger partial charge in [-0.2, -0.15) is 0 Å². The predicted octanol–water partition coefficient (Wildman–Crippen LogP) is 4.46. The molecule has 0 spiro atoms. The molecular weight excluding hydrogens is 222 g/mol. The summed E-state index contributed by atoms with van der Waals surface area (Å²) < 4.78 is 0. The Bertz CT molecular complexity index is 170. The highest BCUT2D eigenvalue weighted by Gasteiger charge is 2.09. The fourth-order valence-electron chi connectivity index (χ4n) is 2.86. The van der Waals surface area contributed by atoms with Gasteiger partial charge in [0.1, 0.15) is 0 Å². The second-order valence-electron chi connectivity index (χ2n) is 6.01. The van der Waals surface area contributed by atoms with E-state index in [1.54, 1.807) is 6.92 Å². The van der Waals surface area contributed by atoms with Crippen molar-refractivity contribution in [2.75, 3.05) is 6.54 Å². The van der Waals surface area contributed by atoms with Crippen LogP contribution in [0.5, 0.6) is 0 Å². The first-order chi connectivity index (χ1) is 8.79. The van der Waals surface area contributed by atoms with Gasteiger partial charge in [-0.1, -0.05) is 57.8 Å². The zero-order valence-corrected chi connectivity index (χ0v) is 12.3. The lowest BCUT2D eigenvalue weighted by atomic mass is 9.98. The Morgan fingerprint density at radius 1 is 0.889 bits per heavy atom. The average Bonchev–Trinajstić information content (AvgIpc) is 2.31. The van der Waals surface area contributed by atoms with Crippen molar-refractivity contribution >= 4 is 0 Å². The van der Waals surface area contributed by atoms with E-state index in [0.717, 1.165) is 13.0 Å². The summed E-state index contributed by atoms with van der Waals surface area (Å²) in [4.78, 5) is 0. The highest BCUT2D eigenvalue weighted by Crippen LogP contribution is 2.16. The third-order valence-corrected chi connectivity index (χ3v) is 4.09. The van der Waals surface area contributed by atoms with E-state index in [1.165, 1.54) is 70.6 Å². The molecule has 2 nitrogen and oxygen atoms in total. The third kappa shape index (κ3) is 8.93. The lowest BCUT2D eigenvalue weighted by molar-refractivity contribution is 0.0966. The maximum absolute atomic E-state index is 11.0. The van der Waals surface area contributed by atoms with Crippen LogP contribution in [0.3, 0.4) is 0 Å². The summed E-state index contributed by atoms with van der Waals surface area (Å²) in [5, 5.41) is 14.6. The van der Waals surface area contributed by atoms with Crippen LogP contribution in [0.25, 0.3) is 0 Å². The number of nitrogens with one attached hydrogen (secondary N) is 1. The van der Waals surface area contributed by atoms with Crippen molar-refractivity contribution in [3.8, 4) is 0 Å². The van der Waals surface area contributed by atoms with Crippen molar-refractivity contribution in [2.45, 2.75) is 96.1 Å². The zero-order valence-electron chi connectivity index (χ0n) is 12.3. The second-order valence-corrected chi connectivity index (χ2v) is 6.01. The normalized spacial score (nSPS) is 23.0. The maximum Gasteiger partial charge on any atom is 0.0914 e. The Labute approximate surface area is 114 Å². The summed E-state index contributed by atoms with van der Waals surface area (Å²) in [5.41, 5.74) is 0. The lowest BCUT2D eigenvalue weighted by Crippen LogP contribution is -2.31. The quantitative estimate of drug-likeness (QED) is 0.789. The van der Waals surface area contributed by atoms with Crippen molar-refractivity contribution < 1.29 is 5.11 Å². The van der Waals surface area contributed by atoms with Crippen molar-refractivity contribution in [1.29, 1.82) is 0 Å². The van der Waals surface area contributed by atoms with Gasteiger partial charge in [-0.25, -0.2) is 5.11 Å². The van der Waals surface area contributed by atoms with E-state index in [9.17, 15) is 5.11 Å². The minimum absolute atomic E-state index is 0.413. The molecule has 1 radical (unpaired) electrons. The van der Waals surface area contributed by atoms with Gasteiger partial charge in [-0.05, 0) is 32.7 Å². The molecule has 0 bridgehead atoms. The van der Waals surface area contributed by atoms with Crippen molar-refractivity contribution in [3.63, 3.8) is 0 Å². The molecule has 0 heterocycles. The van der Waals surface area contributed by atoms with E-state index >= 15 is 0 Å². The fourth-order valence-corrected chi connectivity index (χ4v) is 2.86. The first kappa shape index (κ1) is 16.0. The first-order valence-corrected chi connectivity index (χ1v) is 8.18. The van der Waals surface area contributed by atoms with Crippen molar-refractivity contribution in [3.05, 3.63) is 0 Å². The molecule has 1 fully saturated rings. The second kappa shape index (κ2) is 10.8. The first-order valence-electron chi connectivity index (χ1n) is 8.18. The molecule has 0 aliphatic heterocycles. The molecular formula is C16H32NO. The Hall–Kier alpha value is -0.0800. The topological polar surface area (TPSA) is 31.9 Å². The lowest BCUT2D eigenvalue weighted by Gasteiger charge is -2.19. The zero-order chi connectivity index (χ0) is 13.1. The Morgan fingerprint density at radius 3 is 1.78 bits per heavy atom. The number of hydrogen-bond acceptors (Lipinski definition) is 1. The maximum atomic E-state index is 11.0. The smallest absolute Gasteiger partial charge is 0.0914 e. The molecule has 0 amide bonds. The summed E-state index contributed by atoms with van der Waals surface area (Å²) in [6, 6.07) is 0.670. The Kier molecular flexibility index (Phi) is 9.59. The van der Waals surface area contributed by atoms with Gasteiger partial charge in [-0.3, -0.25) is 0 Å². The molecule has 1 atom stereocenters. The van der Waals surface area contributed by atoms with Gasteiger partial charge in [0.05, 0.1) is 6.10 Å². The molecule has 18 heavy (non-hydrogen) atoms. The standard InChI is InChI=1S/C16H32NO/c1-15(18)13-14-17-16-11-9-7-5-3-2-4-6-8-10-12-16/h15-17H,2-14H2,1H3. The van der Waals surface area contributed by atoms with Gasteiger partial charge in [0, 0.05) is 6.04 Å². The van der Waals surface area contributed by atoms with E-state index in [2.05, 4.69) is 5.32 Å². The Morgan fingerprint density at radius 2 is 1.33 bits per heavy atom. The number of rotatable bonds is 4. The van der Waals surface area contributed by atoms with Crippen LogP contribution in [0.4, 0.5) is 0 Å². The van der Waals surface area contributed by atoms with Gasteiger partial charge >= 0.3 is 0 Å².